The topological polar surface area (TPSA) is 12.0 Å². The van der Waals surface area contributed by atoms with Crippen LogP contribution in [0, 0.1) is 17.6 Å². The summed E-state index contributed by atoms with van der Waals surface area (Å²) in [5, 5.41) is 3.09. The van der Waals surface area contributed by atoms with Crippen LogP contribution in [0.2, 0.25) is 0 Å². The Balaban J connectivity index is 1.98. The van der Waals surface area contributed by atoms with Crippen molar-refractivity contribution in [2.24, 2.45) is 5.92 Å². The lowest BCUT2D eigenvalue weighted by atomic mass is 9.89. The Morgan fingerprint density at radius 3 is 2.53 bits per heavy atom. The maximum absolute atomic E-state index is 13.5. The van der Waals surface area contributed by atoms with Crippen molar-refractivity contribution in [3.8, 4) is 0 Å². The maximum Gasteiger partial charge on any atom is 0.150 e. The first-order valence-corrected chi connectivity index (χ1v) is 6.84. The molecule has 1 aromatic carbocycles. The van der Waals surface area contributed by atoms with Crippen LogP contribution in [0.25, 0.3) is 0 Å². The van der Waals surface area contributed by atoms with Crippen molar-refractivity contribution in [2.45, 2.75) is 32.1 Å². The molecule has 17 heavy (non-hydrogen) atoms. The molecule has 0 heterocycles. The lowest BCUT2D eigenvalue weighted by molar-refractivity contribution is 0.373. The Bertz CT molecular complexity index is 366. The van der Waals surface area contributed by atoms with E-state index in [2.05, 4.69) is 21.2 Å². The zero-order chi connectivity index (χ0) is 12.3. The van der Waals surface area contributed by atoms with Gasteiger partial charge in [-0.25, -0.2) is 8.78 Å². The summed E-state index contributed by atoms with van der Waals surface area (Å²) in [5.74, 6) is -0.481. The van der Waals surface area contributed by atoms with Crippen LogP contribution < -0.4 is 5.32 Å². The van der Waals surface area contributed by atoms with Crippen LogP contribution in [0.4, 0.5) is 14.5 Å². The molecule has 0 radical (unpaired) electrons. The van der Waals surface area contributed by atoms with E-state index in [-0.39, 0.29) is 0 Å². The van der Waals surface area contributed by atoms with Crippen molar-refractivity contribution in [1.29, 1.82) is 0 Å². The van der Waals surface area contributed by atoms with Gasteiger partial charge in [-0.3, -0.25) is 0 Å². The Morgan fingerprint density at radius 2 is 1.88 bits per heavy atom. The highest BCUT2D eigenvalue weighted by Crippen LogP contribution is 2.29. The second-order valence-electron chi connectivity index (χ2n) is 4.63. The molecule has 0 saturated heterocycles. The largest absolute Gasteiger partial charge is 0.381 e. The molecule has 0 atom stereocenters. The van der Waals surface area contributed by atoms with Crippen LogP contribution in [0.1, 0.15) is 32.1 Å². The van der Waals surface area contributed by atoms with Gasteiger partial charge < -0.3 is 5.32 Å². The second-order valence-corrected chi connectivity index (χ2v) is 5.48. The predicted octanol–water partition coefficient (Wildman–Crippen LogP) is 4.72. The van der Waals surface area contributed by atoms with E-state index in [4.69, 9.17) is 0 Å². The van der Waals surface area contributed by atoms with E-state index in [1.165, 1.54) is 38.2 Å². The molecular weight excluding hydrogens is 288 g/mol. The number of benzene rings is 1. The highest BCUT2D eigenvalue weighted by Gasteiger charge is 2.15. The summed E-state index contributed by atoms with van der Waals surface area (Å²) in [4.78, 5) is 0. The van der Waals surface area contributed by atoms with Crippen LogP contribution >= 0.6 is 15.9 Å². The van der Waals surface area contributed by atoms with Crippen LogP contribution in [-0.2, 0) is 0 Å². The lowest BCUT2D eigenvalue weighted by Gasteiger charge is -2.22. The highest BCUT2D eigenvalue weighted by molar-refractivity contribution is 9.10. The molecule has 2 rings (SSSR count). The summed E-state index contributed by atoms with van der Waals surface area (Å²) in [6, 6.07) is 2.19. The zero-order valence-electron chi connectivity index (χ0n) is 9.61. The fraction of sp³-hybridized carbons (Fsp3) is 0.538. The van der Waals surface area contributed by atoms with E-state index in [1.807, 2.05) is 0 Å². The van der Waals surface area contributed by atoms with E-state index < -0.39 is 11.6 Å². The number of nitrogens with one attached hydrogen (secondary N) is 1. The van der Waals surface area contributed by atoms with Gasteiger partial charge in [0.15, 0.2) is 0 Å². The normalized spacial score (nSPS) is 17.1. The number of halogens is 3. The minimum atomic E-state index is -0.558. The third kappa shape index (κ3) is 3.41. The molecule has 0 amide bonds. The summed E-state index contributed by atoms with van der Waals surface area (Å²) >= 11 is 3.18. The number of anilines is 1. The molecule has 1 aliphatic carbocycles. The first kappa shape index (κ1) is 12.8. The van der Waals surface area contributed by atoms with Gasteiger partial charge in [0.2, 0.25) is 0 Å². The Hall–Kier alpha value is -0.640. The fourth-order valence-corrected chi connectivity index (χ4v) is 2.90. The molecule has 1 nitrogen and oxygen atoms in total. The molecule has 0 aliphatic heterocycles. The smallest absolute Gasteiger partial charge is 0.150 e. The summed E-state index contributed by atoms with van der Waals surface area (Å²) < 4.78 is 26.9. The van der Waals surface area contributed by atoms with E-state index >= 15 is 0 Å². The van der Waals surface area contributed by atoms with E-state index in [0.717, 1.165) is 12.6 Å². The first-order chi connectivity index (χ1) is 8.16. The van der Waals surface area contributed by atoms with E-state index in [9.17, 15) is 8.78 Å². The molecule has 1 aromatic rings. The molecule has 0 unspecified atom stereocenters. The van der Waals surface area contributed by atoms with Gasteiger partial charge in [0.05, 0.1) is 5.69 Å². The van der Waals surface area contributed by atoms with Gasteiger partial charge >= 0.3 is 0 Å². The van der Waals surface area contributed by atoms with Crippen LogP contribution in [0.15, 0.2) is 16.6 Å². The predicted molar refractivity (Wildman–Crippen MR) is 69.1 cm³/mol. The maximum atomic E-state index is 13.5. The van der Waals surface area contributed by atoms with Gasteiger partial charge in [0.1, 0.15) is 11.6 Å². The minimum absolute atomic E-state index is 0.372. The molecule has 1 aliphatic rings. The van der Waals surface area contributed by atoms with Crippen LogP contribution in [-0.4, -0.2) is 6.54 Å². The minimum Gasteiger partial charge on any atom is -0.381 e. The molecule has 0 spiro atoms. The summed E-state index contributed by atoms with van der Waals surface area (Å²) in [6.45, 7) is 0.765. The lowest BCUT2D eigenvalue weighted by Crippen LogP contribution is -2.18. The number of hydrogen-bond donors (Lipinski definition) is 1. The van der Waals surface area contributed by atoms with Crippen molar-refractivity contribution in [2.75, 3.05) is 11.9 Å². The summed E-state index contributed by atoms with van der Waals surface area (Å²) in [7, 11) is 0. The molecule has 0 bridgehead atoms. The Labute approximate surface area is 109 Å². The SMILES string of the molecule is Fc1cc(F)c(NCC2CCCCC2)c(Br)c1. The standard InChI is InChI=1S/C13H16BrF2N/c14-11-6-10(15)7-12(16)13(11)17-8-9-4-2-1-3-5-9/h6-7,9,17H,1-5,8H2. The average Bonchev–Trinajstić information content (AvgIpc) is 2.29. The Morgan fingerprint density at radius 1 is 1.18 bits per heavy atom. The molecule has 94 valence electrons. The Kier molecular flexibility index (Phi) is 4.37. The molecule has 4 heteroatoms. The average molecular weight is 304 g/mol. The van der Waals surface area contributed by atoms with Gasteiger partial charge in [-0.2, -0.15) is 0 Å². The molecule has 1 saturated carbocycles. The summed E-state index contributed by atoms with van der Waals surface area (Å²) in [5.41, 5.74) is 0.372. The van der Waals surface area contributed by atoms with Gasteiger partial charge in [-0.1, -0.05) is 19.3 Å². The molecule has 1 fully saturated rings. The number of rotatable bonds is 3. The van der Waals surface area contributed by atoms with Crippen molar-refractivity contribution in [1.82, 2.24) is 0 Å². The van der Waals surface area contributed by atoms with Gasteiger partial charge in [0.25, 0.3) is 0 Å². The number of hydrogen-bond acceptors (Lipinski definition) is 1. The van der Waals surface area contributed by atoms with Gasteiger partial charge in [-0.05, 0) is 40.8 Å². The van der Waals surface area contributed by atoms with E-state index in [0.29, 0.717) is 16.1 Å². The molecular formula is C13H16BrF2N. The molecule has 0 aromatic heterocycles. The summed E-state index contributed by atoms with van der Waals surface area (Å²) in [6.07, 6.45) is 6.24. The highest BCUT2D eigenvalue weighted by atomic mass is 79.9. The third-order valence-electron chi connectivity index (χ3n) is 3.30. The van der Waals surface area contributed by atoms with Crippen LogP contribution in [0.5, 0.6) is 0 Å². The van der Waals surface area contributed by atoms with E-state index in [1.54, 1.807) is 0 Å². The fourth-order valence-electron chi connectivity index (χ4n) is 2.35. The van der Waals surface area contributed by atoms with Crippen molar-refractivity contribution in [3.63, 3.8) is 0 Å². The van der Waals surface area contributed by atoms with Crippen LogP contribution in [0.3, 0.4) is 0 Å². The monoisotopic (exact) mass is 303 g/mol. The molecule has 1 N–H and O–H groups in total. The zero-order valence-corrected chi connectivity index (χ0v) is 11.2. The quantitative estimate of drug-likeness (QED) is 0.852. The van der Waals surface area contributed by atoms with Crippen molar-refractivity contribution in [3.05, 3.63) is 28.2 Å². The second kappa shape index (κ2) is 5.80. The van der Waals surface area contributed by atoms with Gasteiger partial charge in [-0.15, -0.1) is 0 Å². The van der Waals surface area contributed by atoms with Crippen molar-refractivity contribution >= 4 is 21.6 Å². The third-order valence-corrected chi connectivity index (χ3v) is 3.92. The van der Waals surface area contributed by atoms with Gasteiger partial charge in [0, 0.05) is 17.1 Å². The van der Waals surface area contributed by atoms with Crippen molar-refractivity contribution < 1.29 is 8.78 Å². The first-order valence-electron chi connectivity index (χ1n) is 6.05.